The molecule has 3 nitrogen and oxygen atoms in total. The van der Waals surface area contributed by atoms with E-state index in [1.54, 1.807) is 17.5 Å². The van der Waals surface area contributed by atoms with Crippen LogP contribution in [0.15, 0.2) is 23.0 Å². The number of thiophene rings is 1. The van der Waals surface area contributed by atoms with E-state index >= 15 is 0 Å². The number of hydrogen-bond acceptors (Lipinski definition) is 3. The summed E-state index contributed by atoms with van der Waals surface area (Å²) in [5, 5.41) is 12.7. The van der Waals surface area contributed by atoms with Gasteiger partial charge in [-0.15, -0.1) is 0 Å². The summed E-state index contributed by atoms with van der Waals surface area (Å²) in [6, 6.07) is 2.37. The van der Waals surface area contributed by atoms with Gasteiger partial charge in [0.05, 0.1) is 23.0 Å². The van der Waals surface area contributed by atoms with Crippen LogP contribution in [-0.4, -0.2) is 16.3 Å². The van der Waals surface area contributed by atoms with Crippen LogP contribution in [0.4, 0.5) is 0 Å². The van der Waals surface area contributed by atoms with E-state index in [0.29, 0.717) is 0 Å². The standard InChI is InChI=1S/C12H16ClN3S/c1-3-14-11(6-9-4-5-17-8-9)12-10(13)7-15-16(12)2/h4-5,7-8,11,14H,3,6H2,1-2H3. The second-order valence-corrected chi connectivity index (χ2v) is 5.13. The molecule has 0 aliphatic heterocycles. The normalized spacial score (nSPS) is 12.9. The first kappa shape index (κ1) is 12.6. The van der Waals surface area contributed by atoms with Crippen LogP contribution in [0, 0.1) is 0 Å². The molecule has 2 heterocycles. The predicted octanol–water partition coefficient (Wildman–Crippen LogP) is 3.03. The van der Waals surface area contributed by atoms with Gasteiger partial charge in [0, 0.05) is 7.05 Å². The lowest BCUT2D eigenvalue weighted by Crippen LogP contribution is -2.25. The Balaban J connectivity index is 2.23. The van der Waals surface area contributed by atoms with E-state index in [-0.39, 0.29) is 6.04 Å². The van der Waals surface area contributed by atoms with Crippen molar-refractivity contribution in [3.05, 3.63) is 39.3 Å². The lowest BCUT2D eigenvalue weighted by atomic mass is 10.1. The molecule has 0 radical (unpaired) electrons. The van der Waals surface area contributed by atoms with Gasteiger partial charge in [-0.2, -0.15) is 16.4 Å². The molecule has 1 unspecified atom stereocenters. The van der Waals surface area contributed by atoms with Crippen LogP contribution in [0.3, 0.4) is 0 Å². The number of nitrogens with one attached hydrogen (secondary N) is 1. The first-order chi connectivity index (χ1) is 8.22. The van der Waals surface area contributed by atoms with E-state index in [0.717, 1.165) is 23.7 Å². The Labute approximate surface area is 110 Å². The van der Waals surface area contributed by atoms with Crippen molar-refractivity contribution in [1.82, 2.24) is 15.1 Å². The number of halogens is 1. The van der Waals surface area contributed by atoms with Crippen LogP contribution in [0.5, 0.6) is 0 Å². The van der Waals surface area contributed by atoms with Crippen LogP contribution >= 0.6 is 22.9 Å². The largest absolute Gasteiger partial charge is 0.309 e. The highest BCUT2D eigenvalue weighted by molar-refractivity contribution is 7.07. The van der Waals surface area contributed by atoms with Gasteiger partial charge in [0.15, 0.2) is 0 Å². The molecule has 5 heteroatoms. The summed E-state index contributed by atoms with van der Waals surface area (Å²) >= 11 is 7.92. The summed E-state index contributed by atoms with van der Waals surface area (Å²) in [4.78, 5) is 0. The van der Waals surface area contributed by atoms with Gasteiger partial charge in [-0.25, -0.2) is 0 Å². The highest BCUT2D eigenvalue weighted by Crippen LogP contribution is 2.25. The Morgan fingerprint density at radius 2 is 2.41 bits per heavy atom. The smallest absolute Gasteiger partial charge is 0.0834 e. The molecular formula is C12H16ClN3S. The molecule has 0 saturated heterocycles. The zero-order valence-electron chi connectivity index (χ0n) is 9.98. The lowest BCUT2D eigenvalue weighted by Gasteiger charge is -2.18. The van der Waals surface area contributed by atoms with E-state index in [2.05, 4.69) is 34.2 Å². The van der Waals surface area contributed by atoms with E-state index in [1.165, 1.54) is 5.56 Å². The van der Waals surface area contributed by atoms with Crippen molar-refractivity contribution >= 4 is 22.9 Å². The number of likely N-dealkylation sites (N-methyl/N-ethyl adjacent to an activating group) is 1. The molecule has 92 valence electrons. The number of aromatic nitrogens is 2. The monoisotopic (exact) mass is 269 g/mol. The van der Waals surface area contributed by atoms with Gasteiger partial charge in [-0.1, -0.05) is 18.5 Å². The second kappa shape index (κ2) is 5.67. The van der Waals surface area contributed by atoms with Crippen molar-refractivity contribution in [2.75, 3.05) is 6.54 Å². The SMILES string of the molecule is CCNC(Cc1ccsc1)c1c(Cl)cnn1C. The molecule has 0 fully saturated rings. The van der Waals surface area contributed by atoms with Gasteiger partial charge in [0.2, 0.25) is 0 Å². The van der Waals surface area contributed by atoms with Crippen molar-refractivity contribution in [3.63, 3.8) is 0 Å². The second-order valence-electron chi connectivity index (χ2n) is 3.95. The van der Waals surface area contributed by atoms with E-state index in [4.69, 9.17) is 11.6 Å². The van der Waals surface area contributed by atoms with Crippen LogP contribution in [0.25, 0.3) is 0 Å². The molecule has 0 spiro atoms. The van der Waals surface area contributed by atoms with Gasteiger partial charge in [0.25, 0.3) is 0 Å². The molecule has 0 aliphatic carbocycles. The Morgan fingerprint density at radius 3 is 2.94 bits per heavy atom. The van der Waals surface area contributed by atoms with Crippen LogP contribution in [0.2, 0.25) is 5.02 Å². The molecule has 2 rings (SSSR count). The summed E-state index contributed by atoms with van der Waals surface area (Å²) in [5.41, 5.74) is 2.39. The molecule has 1 atom stereocenters. The topological polar surface area (TPSA) is 29.9 Å². The predicted molar refractivity (Wildman–Crippen MR) is 72.7 cm³/mol. The summed E-state index contributed by atoms with van der Waals surface area (Å²) in [6.07, 6.45) is 2.64. The molecule has 0 amide bonds. The first-order valence-corrected chi connectivity index (χ1v) is 6.96. The van der Waals surface area contributed by atoms with Crippen molar-refractivity contribution in [3.8, 4) is 0 Å². The minimum Gasteiger partial charge on any atom is -0.309 e. The number of aryl methyl sites for hydroxylation is 1. The maximum atomic E-state index is 6.19. The van der Waals surface area contributed by atoms with Gasteiger partial charge < -0.3 is 5.32 Å². The average molecular weight is 270 g/mol. The van der Waals surface area contributed by atoms with Crippen LogP contribution in [-0.2, 0) is 13.5 Å². The van der Waals surface area contributed by atoms with Gasteiger partial charge >= 0.3 is 0 Å². The van der Waals surface area contributed by atoms with Crippen LogP contribution in [0.1, 0.15) is 24.2 Å². The molecule has 1 N–H and O–H groups in total. The van der Waals surface area contributed by atoms with Crippen molar-refractivity contribution in [1.29, 1.82) is 0 Å². The highest BCUT2D eigenvalue weighted by Gasteiger charge is 2.18. The molecule has 2 aromatic heterocycles. The van der Waals surface area contributed by atoms with Gasteiger partial charge in [0.1, 0.15) is 0 Å². The quantitative estimate of drug-likeness (QED) is 0.904. The number of hydrogen-bond donors (Lipinski definition) is 1. The van der Waals surface area contributed by atoms with Crippen molar-refractivity contribution < 1.29 is 0 Å². The van der Waals surface area contributed by atoms with E-state index in [9.17, 15) is 0 Å². The minimum absolute atomic E-state index is 0.217. The summed E-state index contributed by atoms with van der Waals surface area (Å²) in [5.74, 6) is 0. The fraction of sp³-hybridized carbons (Fsp3) is 0.417. The summed E-state index contributed by atoms with van der Waals surface area (Å²) < 4.78 is 1.85. The first-order valence-electron chi connectivity index (χ1n) is 5.64. The Bertz CT molecular complexity index is 445. The fourth-order valence-corrected chi connectivity index (χ4v) is 2.95. The fourth-order valence-electron chi connectivity index (χ4n) is 1.97. The average Bonchev–Trinajstić information content (AvgIpc) is 2.89. The Hall–Kier alpha value is -0.840. The molecule has 2 aromatic rings. The summed E-state index contributed by atoms with van der Waals surface area (Å²) in [6.45, 7) is 3.02. The van der Waals surface area contributed by atoms with E-state index in [1.807, 2.05) is 11.7 Å². The third-order valence-electron chi connectivity index (χ3n) is 2.74. The third kappa shape index (κ3) is 2.89. The Morgan fingerprint density at radius 1 is 1.59 bits per heavy atom. The molecule has 0 bridgehead atoms. The molecular weight excluding hydrogens is 254 g/mol. The highest BCUT2D eigenvalue weighted by atomic mass is 35.5. The number of nitrogens with zero attached hydrogens (tertiary/aromatic N) is 2. The zero-order chi connectivity index (χ0) is 12.3. The maximum Gasteiger partial charge on any atom is 0.0834 e. The van der Waals surface area contributed by atoms with Gasteiger partial charge in [-0.05, 0) is 35.4 Å². The van der Waals surface area contributed by atoms with E-state index < -0.39 is 0 Å². The van der Waals surface area contributed by atoms with Crippen molar-refractivity contribution in [2.24, 2.45) is 7.05 Å². The van der Waals surface area contributed by atoms with Gasteiger partial charge in [-0.3, -0.25) is 4.68 Å². The van der Waals surface area contributed by atoms with Crippen LogP contribution < -0.4 is 5.32 Å². The molecule has 0 saturated carbocycles. The Kier molecular flexibility index (Phi) is 4.20. The maximum absolute atomic E-state index is 6.19. The minimum atomic E-state index is 0.217. The molecule has 0 aromatic carbocycles. The van der Waals surface area contributed by atoms with Crippen molar-refractivity contribution in [2.45, 2.75) is 19.4 Å². The third-order valence-corrected chi connectivity index (χ3v) is 3.76. The summed E-state index contributed by atoms with van der Waals surface area (Å²) in [7, 11) is 1.93. The zero-order valence-corrected chi connectivity index (χ0v) is 11.6. The molecule has 0 aliphatic rings. The lowest BCUT2D eigenvalue weighted by molar-refractivity contribution is 0.508. The number of rotatable bonds is 5. The molecule has 17 heavy (non-hydrogen) atoms.